The van der Waals surface area contributed by atoms with Gasteiger partial charge in [-0.15, -0.1) is 0 Å². The molecule has 0 aliphatic carbocycles. The molecular weight excluding hydrogens is 207 g/mol. The maximum atomic E-state index is 13.1. The summed E-state index contributed by atoms with van der Waals surface area (Å²) < 4.78 is 18.2. The van der Waals surface area contributed by atoms with Crippen LogP contribution in [0.25, 0.3) is 0 Å². The van der Waals surface area contributed by atoms with E-state index in [1.165, 1.54) is 12.3 Å². The smallest absolute Gasteiger partial charge is 0.250 e. The quantitative estimate of drug-likeness (QED) is 0.767. The molecule has 0 fully saturated rings. The van der Waals surface area contributed by atoms with Gasteiger partial charge in [-0.2, -0.15) is 0 Å². The van der Waals surface area contributed by atoms with Crippen molar-refractivity contribution in [3.63, 3.8) is 0 Å². The van der Waals surface area contributed by atoms with Gasteiger partial charge >= 0.3 is 0 Å². The molecule has 0 saturated heterocycles. The molecule has 0 amide bonds. The first kappa shape index (κ1) is 11.2. The van der Waals surface area contributed by atoms with Gasteiger partial charge in [-0.05, 0) is 12.6 Å². The molecule has 1 aromatic heterocycles. The van der Waals surface area contributed by atoms with Crippen LogP contribution in [0.1, 0.15) is 6.92 Å². The minimum Gasteiger partial charge on any atom is -0.474 e. The van der Waals surface area contributed by atoms with Crippen LogP contribution in [-0.4, -0.2) is 24.7 Å². The Labute approximate surface area is 87.2 Å². The summed E-state index contributed by atoms with van der Waals surface area (Å²) >= 11 is 5.53. The number of nitrogens with zero attached hydrogens (tertiary/aromatic N) is 1. The molecule has 0 unspecified atom stereocenters. The number of hydrogen-bond acceptors (Lipinski definition) is 3. The van der Waals surface area contributed by atoms with Gasteiger partial charge in [0, 0.05) is 12.7 Å². The third-order valence-electron chi connectivity index (χ3n) is 1.54. The topological polar surface area (TPSA) is 34.1 Å². The van der Waals surface area contributed by atoms with Gasteiger partial charge < -0.3 is 10.1 Å². The number of hydrogen-bond donors (Lipinski definition) is 1. The molecule has 0 aliphatic heterocycles. The highest BCUT2D eigenvalue weighted by Gasteiger charge is 2.04. The number of ether oxygens (including phenoxy) is 1. The Morgan fingerprint density at radius 1 is 1.64 bits per heavy atom. The minimum absolute atomic E-state index is 0.00713. The standard InChI is InChI=1S/C9H12ClFN2O/c1-2-12-3-4-14-9-8(11)5-7(10)6-13-9/h5-6,12H,2-4H2,1H3. The van der Waals surface area contributed by atoms with Gasteiger partial charge in [0.2, 0.25) is 0 Å². The van der Waals surface area contributed by atoms with Crippen LogP contribution in [0.3, 0.4) is 0 Å². The first-order chi connectivity index (χ1) is 6.74. The summed E-state index contributed by atoms with van der Waals surface area (Å²) in [6, 6.07) is 1.18. The molecule has 1 aromatic rings. The lowest BCUT2D eigenvalue weighted by Crippen LogP contribution is -2.20. The lowest BCUT2D eigenvalue weighted by atomic mass is 10.4. The molecule has 14 heavy (non-hydrogen) atoms. The van der Waals surface area contributed by atoms with Crippen molar-refractivity contribution in [3.05, 3.63) is 23.1 Å². The van der Waals surface area contributed by atoms with Crippen LogP contribution in [0.4, 0.5) is 4.39 Å². The predicted octanol–water partition coefficient (Wildman–Crippen LogP) is 1.86. The van der Waals surface area contributed by atoms with Crippen molar-refractivity contribution < 1.29 is 9.13 Å². The van der Waals surface area contributed by atoms with Crippen molar-refractivity contribution in [1.82, 2.24) is 10.3 Å². The number of nitrogens with one attached hydrogen (secondary N) is 1. The van der Waals surface area contributed by atoms with Crippen LogP contribution < -0.4 is 10.1 Å². The van der Waals surface area contributed by atoms with E-state index in [2.05, 4.69) is 10.3 Å². The van der Waals surface area contributed by atoms with Crippen molar-refractivity contribution in [2.75, 3.05) is 19.7 Å². The van der Waals surface area contributed by atoms with Gasteiger partial charge in [0.25, 0.3) is 5.88 Å². The van der Waals surface area contributed by atoms with Gasteiger partial charge in [-0.3, -0.25) is 0 Å². The fourth-order valence-electron chi connectivity index (χ4n) is 0.905. The maximum Gasteiger partial charge on any atom is 0.250 e. The van der Waals surface area contributed by atoms with Crippen molar-refractivity contribution in [2.45, 2.75) is 6.92 Å². The van der Waals surface area contributed by atoms with Crippen LogP contribution in [0.15, 0.2) is 12.3 Å². The lowest BCUT2D eigenvalue weighted by molar-refractivity contribution is 0.287. The van der Waals surface area contributed by atoms with E-state index in [4.69, 9.17) is 16.3 Å². The Morgan fingerprint density at radius 2 is 2.43 bits per heavy atom. The van der Waals surface area contributed by atoms with Crippen LogP contribution in [-0.2, 0) is 0 Å². The second kappa shape index (κ2) is 5.78. The van der Waals surface area contributed by atoms with E-state index >= 15 is 0 Å². The molecule has 1 rings (SSSR count). The zero-order valence-corrected chi connectivity index (χ0v) is 8.64. The second-order valence-corrected chi connectivity index (χ2v) is 3.08. The van der Waals surface area contributed by atoms with Crippen molar-refractivity contribution >= 4 is 11.6 Å². The normalized spacial score (nSPS) is 10.2. The molecule has 0 radical (unpaired) electrons. The summed E-state index contributed by atoms with van der Waals surface area (Å²) in [4.78, 5) is 3.72. The van der Waals surface area contributed by atoms with Gasteiger partial charge in [0.15, 0.2) is 5.82 Å². The summed E-state index contributed by atoms with van der Waals surface area (Å²) in [5.74, 6) is -0.540. The molecule has 0 spiro atoms. The van der Waals surface area contributed by atoms with Gasteiger partial charge in [-0.25, -0.2) is 9.37 Å². The highest BCUT2D eigenvalue weighted by Crippen LogP contribution is 2.16. The highest BCUT2D eigenvalue weighted by molar-refractivity contribution is 6.30. The van der Waals surface area contributed by atoms with E-state index in [-0.39, 0.29) is 10.9 Å². The van der Waals surface area contributed by atoms with Gasteiger partial charge in [0.1, 0.15) is 6.61 Å². The fourth-order valence-corrected chi connectivity index (χ4v) is 1.05. The first-order valence-electron chi connectivity index (χ1n) is 4.38. The van der Waals surface area contributed by atoms with Crippen LogP contribution in [0.5, 0.6) is 5.88 Å². The Morgan fingerprint density at radius 3 is 3.07 bits per heavy atom. The Hall–Kier alpha value is -0.870. The van der Waals surface area contributed by atoms with Gasteiger partial charge in [0.05, 0.1) is 5.02 Å². The molecule has 0 aromatic carbocycles. The van der Waals surface area contributed by atoms with Crippen molar-refractivity contribution in [1.29, 1.82) is 0 Å². The molecule has 0 bridgehead atoms. The number of likely N-dealkylation sites (N-methyl/N-ethyl adjacent to an activating group) is 1. The summed E-state index contributed by atoms with van der Waals surface area (Å²) in [7, 11) is 0. The number of pyridine rings is 1. The number of rotatable bonds is 5. The molecule has 1 N–H and O–H groups in total. The lowest BCUT2D eigenvalue weighted by Gasteiger charge is -2.05. The summed E-state index contributed by atoms with van der Waals surface area (Å²) in [6.07, 6.45) is 1.35. The monoisotopic (exact) mass is 218 g/mol. The molecule has 0 aliphatic rings. The maximum absolute atomic E-state index is 13.1. The van der Waals surface area contributed by atoms with Crippen LogP contribution >= 0.6 is 11.6 Å². The minimum atomic E-state index is -0.533. The summed E-state index contributed by atoms with van der Waals surface area (Å²) in [5, 5.41) is 3.31. The molecule has 0 saturated carbocycles. The van der Waals surface area contributed by atoms with Crippen LogP contribution in [0, 0.1) is 5.82 Å². The summed E-state index contributed by atoms with van der Waals surface area (Å²) in [6.45, 7) is 3.90. The molecular formula is C9H12ClFN2O. The van der Waals surface area contributed by atoms with E-state index in [9.17, 15) is 4.39 Å². The molecule has 5 heteroatoms. The predicted molar refractivity (Wildman–Crippen MR) is 53.2 cm³/mol. The average Bonchev–Trinajstić information content (AvgIpc) is 2.15. The molecule has 3 nitrogen and oxygen atoms in total. The Bertz CT molecular complexity index is 296. The molecule has 78 valence electrons. The zero-order valence-electron chi connectivity index (χ0n) is 7.89. The van der Waals surface area contributed by atoms with Crippen LogP contribution in [0.2, 0.25) is 5.02 Å². The van der Waals surface area contributed by atoms with E-state index < -0.39 is 5.82 Å². The van der Waals surface area contributed by atoms with E-state index in [1.807, 2.05) is 6.92 Å². The van der Waals surface area contributed by atoms with E-state index in [0.717, 1.165) is 6.54 Å². The SMILES string of the molecule is CCNCCOc1ncc(Cl)cc1F. The van der Waals surface area contributed by atoms with E-state index in [0.29, 0.717) is 13.2 Å². The molecule has 1 heterocycles. The van der Waals surface area contributed by atoms with E-state index in [1.54, 1.807) is 0 Å². The van der Waals surface area contributed by atoms with Crippen molar-refractivity contribution in [3.8, 4) is 5.88 Å². The number of halogens is 2. The third-order valence-corrected chi connectivity index (χ3v) is 1.75. The fraction of sp³-hybridized carbons (Fsp3) is 0.444. The largest absolute Gasteiger partial charge is 0.474 e. The molecule has 0 atom stereocenters. The second-order valence-electron chi connectivity index (χ2n) is 2.64. The highest BCUT2D eigenvalue weighted by atomic mass is 35.5. The third kappa shape index (κ3) is 3.47. The average molecular weight is 219 g/mol. The summed E-state index contributed by atoms with van der Waals surface area (Å²) in [5.41, 5.74) is 0. The zero-order chi connectivity index (χ0) is 10.4. The van der Waals surface area contributed by atoms with Crippen molar-refractivity contribution in [2.24, 2.45) is 0 Å². The Balaban J connectivity index is 2.42. The van der Waals surface area contributed by atoms with Gasteiger partial charge in [-0.1, -0.05) is 18.5 Å². The Kier molecular flexibility index (Phi) is 4.62. The first-order valence-corrected chi connectivity index (χ1v) is 4.76. The number of aromatic nitrogens is 1.